The lowest BCUT2D eigenvalue weighted by atomic mass is 10.1. The van der Waals surface area contributed by atoms with Crippen LogP contribution in [0, 0.1) is 5.82 Å². The summed E-state index contributed by atoms with van der Waals surface area (Å²) in [6, 6.07) is 6.37. The van der Waals surface area contributed by atoms with Crippen LogP contribution in [0.1, 0.15) is 17.0 Å². The van der Waals surface area contributed by atoms with Gasteiger partial charge in [0, 0.05) is 24.5 Å². The molecule has 0 radical (unpaired) electrons. The van der Waals surface area contributed by atoms with Gasteiger partial charge in [-0.2, -0.15) is 4.68 Å². The molecule has 0 atom stereocenters. The third-order valence-electron chi connectivity index (χ3n) is 2.92. The van der Waals surface area contributed by atoms with Gasteiger partial charge < -0.3 is 5.73 Å². The molecule has 0 spiro atoms. The Balaban J connectivity index is 1.99. The van der Waals surface area contributed by atoms with E-state index >= 15 is 0 Å². The molecule has 5 nitrogen and oxygen atoms in total. The molecule has 3 rings (SSSR count). The number of nitrogens with two attached hydrogens (primary N) is 1. The lowest BCUT2D eigenvalue weighted by Gasteiger charge is -2.05. The summed E-state index contributed by atoms with van der Waals surface area (Å²) >= 11 is 1.48. The predicted octanol–water partition coefficient (Wildman–Crippen LogP) is 1.91. The molecule has 0 saturated heterocycles. The minimum absolute atomic E-state index is 0.251. The van der Waals surface area contributed by atoms with Gasteiger partial charge in [0.25, 0.3) is 0 Å². The lowest BCUT2D eigenvalue weighted by molar-refractivity contribution is 0.627. The highest BCUT2D eigenvalue weighted by atomic mass is 32.1. The van der Waals surface area contributed by atoms with Crippen molar-refractivity contribution in [3.8, 4) is 5.13 Å². The average molecular weight is 289 g/mol. The van der Waals surface area contributed by atoms with Crippen LogP contribution in [0.25, 0.3) is 5.13 Å². The van der Waals surface area contributed by atoms with Gasteiger partial charge in [0.1, 0.15) is 11.5 Å². The smallest absolute Gasteiger partial charge is 0.211 e. The summed E-state index contributed by atoms with van der Waals surface area (Å²) in [6.45, 7) is 0.307. The molecular weight excluding hydrogens is 277 g/mol. The topological polar surface area (TPSA) is 69.6 Å². The highest BCUT2D eigenvalue weighted by molar-refractivity contribution is 7.12. The fourth-order valence-electron chi connectivity index (χ4n) is 1.94. The fourth-order valence-corrected chi connectivity index (χ4v) is 2.55. The maximum absolute atomic E-state index is 13.0. The van der Waals surface area contributed by atoms with Crippen LogP contribution in [0.15, 0.2) is 35.8 Å². The Labute approximate surface area is 118 Å². The molecule has 0 bridgehead atoms. The summed E-state index contributed by atoms with van der Waals surface area (Å²) in [5.74, 6) is -0.251. The van der Waals surface area contributed by atoms with Crippen molar-refractivity contribution in [2.75, 3.05) is 0 Å². The largest absolute Gasteiger partial charge is 0.325 e. The number of benzene rings is 1. The first-order valence-corrected chi connectivity index (χ1v) is 6.93. The van der Waals surface area contributed by atoms with Crippen LogP contribution in [0.2, 0.25) is 0 Å². The third-order valence-corrected chi connectivity index (χ3v) is 3.67. The highest BCUT2D eigenvalue weighted by Crippen LogP contribution is 2.18. The Morgan fingerprint density at radius 1 is 1.25 bits per heavy atom. The molecule has 0 unspecified atom stereocenters. The maximum atomic E-state index is 13.0. The molecular formula is C13H12FN5S. The lowest BCUT2D eigenvalue weighted by Crippen LogP contribution is -2.06. The second-order valence-electron chi connectivity index (χ2n) is 4.22. The Kier molecular flexibility index (Phi) is 3.53. The Hall–Kier alpha value is -2.12. The quantitative estimate of drug-likeness (QED) is 0.796. The zero-order valence-corrected chi connectivity index (χ0v) is 11.3. The van der Waals surface area contributed by atoms with Crippen LogP contribution < -0.4 is 5.73 Å². The first kappa shape index (κ1) is 12.9. The van der Waals surface area contributed by atoms with Crippen molar-refractivity contribution >= 4 is 11.3 Å². The summed E-state index contributed by atoms with van der Waals surface area (Å²) in [5, 5.41) is 10.8. The van der Waals surface area contributed by atoms with E-state index in [4.69, 9.17) is 5.73 Å². The molecule has 2 heterocycles. The van der Waals surface area contributed by atoms with E-state index in [9.17, 15) is 4.39 Å². The van der Waals surface area contributed by atoms with Gasteiger partial charge in [0.15, 0.2) is 0 Å². The molecule has 1 aromatic carbocycles. The molecule has 0 aliphatic carbocycles. The zero-order valence-electron chi connectivity index (χ0n) is 10.5. The molecule has 102 valence electrons. The van der Waals surface area contributed by atoms with E-state index in [0.717, 1.165) is 22.1 Å². The van der Waals surface area contributed by atoms with Gasteiger partial charge in [-0.1, -0.05) is 17.3 Å². The van der Waals surface area contributed by atoms with Gasteiger partial charge in [-0.3, -0.25) is 0 Å². The molecule has 7 heteroatoms. The molecule has 0 aliphatic rings. The van der Waals surface area contributed by atoms with E-state index in [1.54, 1.807) is 23.0 Å². The van der Waals surface area contributed by atoms with Crippen molar-refractivity contribution in [3.05, 3.63) is 58.6 Å². The number of aromatic nitrogens is 4. The van der Waals surface area contributed by atoms with Crippen LogP contribution in [-0.2, 0) is 13.0 Å². The molecule has 0 amide bonds. The first-order chi connectivity index (χ1) is 9.78. The van der Waals surface area contributed by atoms with Crippen LogP contribution in [0.5, 0.6) is 0 Å². The van der Waals surface area contributed by atoms with Gasteiger partial charge in [0.05, 0.1) is 5.69 Å². The van der Waals surface area contributed by atoms with Gasteiger partial charge in [-0.05, 0) is 17.7 Å². The van der Waals surface area contributed by atoms with Crippen LogP contribution in [0.4, 0.5) is 4.39 Å². The monoisotopic (exact) mass is 289 g/mol. The van der Waals surface area contributed by atoms with Crippen LogP contribution in [-0.4, -0.2) is 20.0 Å². The van der Waals surface area contributed by atoms with Crippen molar-refractivity contribution in [2.24, 2.45) is 5.73 Å². The van der Waals surface area contributed by atoms with Gasteiger partial charge in [0.2, 0.25) is 5.13 Å². The number of hydrogen-bond donors (Lipinski definition) is 1. The van der Waals surface area contributed by atoms with Gasteiger partial charge in [-0.15, -0.1) is 16.4 Å². The van der Waals surface area contributed by atoms with E-state index in [1.807, 2.05) is 5.38 Å². The number of rotatable bonds is 4. The molecule has 3 aromatic rings. The van der Waals surface area contributed by atoms with Crippen molar-refractivity contribution in [1.29, 1.82) is 0 Å². The summed E-state index contributed by atoms with van der Waals surface area (Å²) in [5.41, 5.74) is 8.29. The van der Waals surface area contributed by atoms with E-state index in [-0.39, 0.29) is 5.82 Å². The van der Waals surface area contributed by atoms with E-state index in [2.05, 4.69) is 15.3 Å². The fraction of sp³-hybridized carbons (Fsp3) is 0.154. The number of halogens is 1. The molecule has 20 heavy (non-hydrogen) atoms. The third kappa shape index (κ3) is 2.45. The van der Waals surface area contributed by atoms with E-state index < -0.39 is 0 Å². The highest BCUT2D eigenvalue weighted by Gasteiger charge is 2.15. The van der Waals surface area contributed by atoms with Gasteiger partial charge in [-0.25, -0.2) is 9.37 Å². The van der Waals surface area contributed by atoms with Crippen molar-refractivity contribution in [1.82, 2.24) is 20.0 Å². The Morgan fingerprint density at radius 3 is 2.70 bits per heavy atom. The minimum atomic E-state index is -0.251. The number of nitrogens with zero attached hydrogens (tertiary/aromatic N) is 4. The second kappa shape index (κ2) is 5.48. The number of hydrogen-bond acceptors (Lipinski definition) is 5. The van der Waals surface area contributed by atoms with Crippen LogP contribution >= 0.6 is 11.3 Å². The van der Waals surface area contributed by atoms with E-state index in [0.29, 0.717) is 13.0 Å². The Morgan fingerprint density at radius 2 is 2.05 bits per heavy atom. The molecule has 0 fully saturated rings. The van der Waals surface area contributed by atoms with E-state index in [1.165, 1.54) is 23.5 Å². The SMILES string of the molecule is NCc1nnn(-c2nccs2)c1Cc1ccc(F)cc1. The predicted molar refractivity (Wildman–Crippen MR) is 74.1 cm³/mol. The summed E-state index contributed by atoms with van der Waals surface area (Å²) < 4.78 is 14.6. The van der Waals surface area contributed by atoms with Crippen molar-refractivity contribution in [3.63, 3.8) is 0 Å². The average Bonchev–Trinajstić information content (AvgIpc) is 3.10. The van der Waals surface area contributed by atoms with Crippen molar-refractivity contribution in [2.45, 2.75) is 13.0 Å². The molecule has 2 aromatic heterocycles. The summed E-state index contributed by atoms with van der Waals surface area (Å²) in [4.78, 5) is 4.23. The number of thiazole rings is 1. The summed E-state index contributed by atoms with van der Waals surface area (Å²) in [6.07, 6.45) is 2.30. The normalized spacial score (nSPS) is 10.9. The molecule has 2 N–H and O–H groups in total. The Bertz CT molecular complexity index is 690. The summed E-state index contributed by atoms with van der Waals surface area (Å²) in [7, 11) is 0. The zero-order chi connectivity index (χ0) is 13.9. The molecule has 0 saturated carbocycles. The van der Waals surface area contributed by atoms with Crippen LogP contribution in [0.3, 0.4) is 0 Å². The maximum Gasteiger partial charge on any atom is 0.211 e. The van der Waals surface area contributed by atoms with Crippen molar-refractivity contribution < 1.29 is 4.39 Å². The first-order valence-electron chi connectivity index (χ1n) is 6.06. The van der Waals surface area contributed by atoms with Gasteiger partial charge >= 0.3 is 0 Å². The minimum Gasteiger partial charge on any atom is -0.325 e. The standard InChI is InChI=1S/C13H12FN5S/c14-10-3-1-9(2-4-10)7-12-11(8-15)17-18-19(12)13-16-5-6-20-13/h1-6H,7-8,15H2. The molecule has 0 aliphatic heterocycles. The second-order valence-corrected chi connectivity index (χ2v) is 5.09.